The fourth-order valence-corrected chi connectivity index (χ4v) is 4.82. The van der Waals surface area contributed by atoms with Crippen molar-refractivity contribution in [1.29, 1.82) is 0 Å². The lowest BCUT2D eigenvalue weighted by atomic mass is 10.1. The van der Waals surface area contributed by atoms with Gasteiger partial charge in [0.2, 0.25) is 0 Å². The highest BCUT2D eigenvalue weighted by Crippen LogP contribution is 2.35. The summed E-state index contributed by atoms with van der Waals surface area (Å²) < 4.78 is 1.55. The summed E-state index contributed by atoms with van der Waals surface area (Å²) in [6.07, 6.45) is 1.38. The predicted molar refractivity (Wildman–Crippen MR) is 134 cm³/mol. The molecule has 2 aromatic carbocycles. The van der Waals surface area contributed by atoms with Gasteiger partial charge < -0.3 is 15.5 Å². The largest absolute Gasteiger partial charge is 0.361 e. The molecule has 0 saturated carbocycles. The third-order valence-corrected chi connectivity index (χ3v) is 6.51. The zero-order chi connectivity index (χ0) is 24.0. The smallest absolute Gasteiger partial charge is 0.264 e. The van der Waals surface area contributed by atoms with Crippen molar-refractivity contribution in [2.75, 3.05) is 24.3 Å². The van der Waals surface area contributed by atoms with E-state index in [4.69, 9.17) is 23.2 Å². The van der Waals surface area contributed by atoms with E-state index in [0.29, 0.717) is 56.1 Å². The summed E-state index contributed by atoms with van der Waals surface area (Å²) in [6, 6.07) is 13.9. The number of nitrogens with one attached hydrogen (secondary N) is 2. The first-order valence-electron chi connectivity index (χ1n) is 10.6. The van der Waals surface area contributed by atoms with Gasteiger partial charge in [0, 0.05) is 18.1 Å². The number of hydrogen-bond acceptors (Lipinski definition) is 6. The average molecular weight is 495 g/mol. The molecule has 2 N–H and O–H groups in total. The maximum Gasteiger partial charge on any atom is 0.264 e. The number of rotatable bonds is 4. The molecule has 3 heterocycles. The number of fused-ring (bicyclic) bond motifs is 2. The second kappa shape index (κ2) is 8.62. The zero-order valence-corrected chi connectivity index (χ0v) is 19.9. The molecule has 0 saturated heterocycles. The lowest BCUT2D eigenvalue weighted by Crippen LogP contribution is -2.38. The first kappa shape index (κ1) is 22.2. The molecule has 0 spiro atoms. The normalized spacial score (nSPS) is 14.0. The highest BCUT2D eigenvalue weighted by atomic mass is 35.5. The van der Waals surface area contributed by atoms with Gasteiger partial charge in [-0.05, 0) is 25.1 Å². The van der Waals surface area contributed by atoms with Crippen LogP contribution in [0.2, 0.25) is 10.0 Å². The Hall–Kier alpha value is -3.62. The van der Waals surface area contributed by atoms with E-state index in [1.807, 2.05) is 37.3 Å². The van der Waals surface area contributed by atoms with E-state index in [2.05, 4.69) is 20.6 Å². The number of amides is 1. The van der Waals surface area contributed by atoms with Crippen LogP contribution in [0.1, 0.15) is 29.0 Å². The molecular weight excluding hydrogens is 475 g/mol. The van der Waals surface area contributed by atoms with Gasteiger partial charge in [-0.15, -0.1) is 0 Å². The Bertz CT molecular complexity index is 1490. The van der Waals surface area contributed by atoms with Crippen LogP contribution in [0.4, 0.5) is 11.6 Å². The Balaban J connectivity index is 1.72. The topological polar surface area (TPSA) is 92.2 Å². The quantitative estimate of drug-likeness (QED) is 0.426. The number of pyridine rings is 1. The molecule has 0 fully saturated rings. The number of benzene rings is 2. The summed E-state index contributed by atoms with van der Waals surface area (Å²) in [7, 11) is 1.69. The first-order valence-corrected chi connectivity index (χ1v) is 11.3. The molecular formula is C24H20Cl2N6O2. The Morgan fingerprint density at radius 1 is 1.06 bits per heavy atom. The lowest BCUT2D eigenvalue weighted by molar-refractivity contribution is 0.0796. The van der Waals surface area contributed by atoms with Crippen molar-refractivity contribution in [2.45, 2.75) is 13.0 Å². The minimum atomic E-state index is -0.511. The van der Waals surface area contributed by atoms with E-state index in [1.165, 1.54) is 11.2 Å². The van der Waals surface area contributed by atoms with Crippen LogP contribution in [0, 0.1) is 0 Å². The number of anilines is 2. The molecule has 8 nitrogen and oxygen atoms in total. The second-order valence-electron chi connectivity index (χ2n) is 7.99. The summed E-state index contributed by atoms with van der Waals surface area (Å²) in [4.78, 5) is 36.6. The van der Waals surface area contributed by atoms with Gasteiger partial charge in [0.25, 0.3) is 11.5 Å². The van der Waals surface area contributed by atoms with Gasteiger partial charge in [0.1, 0.15) is 23.5 Å². The molecule has 34 heavy (non-hydrogen) atoms. The summed E-state index contributed by atoms with van der Waals surface area (Å²) in [6.45, 7) is 2.21. The Kier molecular flexibility index (Phi) is 5.63. The van der Waals surface area contributed by atoms with Crippen LogP contribution < -0.4 is 16.2 Å². The molecule has 1 aliphatic rings. The van der Waals surface area contributed by atoms with Crippen LogP contribution in [0.5, 0.6) is 0 Å². The first-order chi connectivity index (χ1) is 16.4. The van der Waals surface area contributed by atoms with Crippen molar-refractivity contribution in [2.24, 2.45) is 0 Å². The highest BCUT2D eigenvalue weighted by Gasteiger charge is 2.29. The number of carbonyl (C=O) groups excluding carboxylic acids is 1. The predicted octanol–water partition coefficient (Wildman–Crippen LogP) is 4.72. The van der Waals surface area contributed by atoms with Crippen molar-refractivity contribution in [1.82, 2.24) is 19.4 Å². The summed E-state index contributed by atoms with van der Waals surface area (Å²) in [5.41, 5.74) is 1.20. The molecule has 0 radical (unpaired) electrons. The monoisotopic (exact) mass is 494 g/mol. The zero-order valence-electron chi connectivity index (χ0n) is 18.3. The molecule has 10 heteroatoms. The van der Waals surface area contributed by atoms with Crippen LogP contribution in [-0.4, -0.2) is 39.1 Å². The van der Waals surface area contributed by atoms with E-state index >= 15 is 0 Å². The molecule has 172 valence electrons. The molecule has 1 amide bonds. The summed E-state index contributed by atoms with van der Waals surface area (Å²) in [5, 5.41) is 7.98. The third-order valence-electron chi connectivity index (χ3n) is 5.80. The molecule has 2 aromatic heterocycles. The number of nitrogens with zero attached hydrogens (tertiary/aromatic N) is 4. The van der Waals surface area contributed by atoms with E-state index in [9.17, 15) is 9.59 Å². The van der Waals surface area contributed by atoms with Crippen molar-refractivity contribution in [3.05, 3.63) is 86.5 Å². The van der Waals surface area contributed by atoms with Crippen LogP contribution >= 0.6 is 23.2 Å². The van der Waals surface area contributed by atoms with Crippen LogP contribution in [0.3, 0.4) is 0 Å². The Morgan fingerprint density at radius 3 is 2.59 bits per heavy atom. The summed E-state index contributed by atoms with van der Waals surface area (Å²) in [5.74, 6) is 0.585. The van der Waals surface area contributed by atoms with Gasteiger partial charge in [0.05, 0.1) is 33.8 Å². The Labute approximate surface area is 205 Å². The van der Waals surface area contributed by atoms with Crippen molar-refractivity contribution in [3.63, 3.8) is 0 Å². The van der Waals surface area contributed by atoms with E-state index in [1.54, 1.807) is 29.8 Å². The molecule has 1 atom stereocenters. The maximum atomic E-state index is 13.7. The van der Waals surface area contributed by atoms with Crippen molar-refractivity contribution >= 4 is 51.5 Å². The fourth-order valence-electron chi connectivity index (χ4n) is 4.16. The van der Waals surface area contributed by atoms with Gasteiger partial charge in [-0.1, -0.05) is 53.5 Å². The molecule has 0 bridgehead atoms. The van der Waals surface area contributed by atoms with Crippen LogP contribution in [0.25, 0.3) is 16.5 Å². The van der Waals surface area contributed by atoms with Gasteiger partial charge in [0.15, 0.2) is 0 Å². The van der Waals surface area contributed by atoms with Crippen molar-refractivity contribution in [3.8, 4) is 5.69 Å². The van der Waals surface area contributed by atoms with Gasteiger partial charge >= 0.3 is 0 Å². The van der Waals surface area contributed by atoms with Crippen LogP contribution in [0.15, 0.2) is 59.7 Å². The number of carbonyl (C=O) groups is 1. The van der Waals surface area contributed by atoms with Crippen molar-refractivity contribution < 1.29 is 4.79 Å². The molecule has 4 aromatic rings. The minimum Gasteiger partial charge on any atom is -0.361 e. The van der Waals surface area contributed by atoms with Gasteiger partial charge in [-0.25, -0.2) is 9.97 Å². The number of hydrogen-bond donors (Lipinski definition) is 2. The second-order valence-corrected chi connectivity index (χ2v) is 8.77. The number of halogens is 2. The Morgan fingerprint density at radius 2 is 1.82 bits per heavy atom. The average Bonchev–Trinajstić information content (AvgIpc) is 2.84. The molecule has 0 aliphatic carbocycles. The molecule has 5 rings (SSSR count). The molecule has 1 aliphatic heterocycles. The van der Waals surface area contributed by atoms with Gasteiger partial charge in [-0.2, -0.15) is 0 Å². The van der Waals surface area contributed by atoms with E-state index < -0.39 is 6.04 Å². The lowest BCUT2D eigenvalue weighted by Gasteiger charge is -2.28. The van der Waals surface area contributed by atoms with E-state index in [-0.39, 0.29) is 11.5 Å². The SMILES string of the molecule is CC(Nc1ncnc2c1C(=O)N(C)CN2)c1c(Cl)c2cccc(Cl)c2c(=O)n1-c1ccccc1. The number of aromatic nitrogens is 3. The van der Waals surface area contributed by atoms with Crippen LogP contribution in [-0.2, 0) is 0 Å². The maximum absolute atomic E-state index is 13.7. The number of para-hydroxylation sites is 1. The summed E-state index contributed by atoms with van der Waals surface area (Å²) >= 11 is 13.3. The third kappa shape index (κ3) is 3.55. The van der Waals surface area contributed by atoms with E-state index in [0.717, 1.165) is 0 Å². The fraction of sp³-hybridized carbons (Fsp3) is 0.167. The molecule has 1 unspecified atom stereocenters. The standard InChI is InChI=1S/C24H20Cl2N6O2/c1-13(30-22-18-21(27-11-28-22)29-12-31(2)23(18)33)20-19(26)15-9-6-10-16(25)17(15)24(34)32(20)14-7-4-3-5-8-14/h3-11,13H,12H2,1-2H3,(H2,27,28,29,30). The van der Waals surface area contributed by atoms with Gasteiger partial charge in [-0.3, -0.25) is 14.2 Å². The highest BCUT2D eigenvalue weighted by molar-refractivity contribution is 6.40. The minimum absolute atomic E-state index is 0.208.